The quantitative estimate of drug-likeness (QED) is 0.467. The Morgan fingerprint density at radius 2 is 2.00 bits per heavy atom. The Hall–Kier alpha value is -2.21. The Balaban J connectivity index is 0.000000171. The Bertz CT molecular complexity index is 499. The summed E-state index contributed by atoms with van der Waals surface area (Å²) in [6.45, 7) is 0. The zero-order valence-corrected chi connectivity index (χ0v) is 9.32. The fourth-order valence-electron chi connectivity index (χ4n) is 0.930. The van der Waals surface area contributed by atoms with Crippen LogP contribution in [0.4, 0.5) is 5.82 Å². The highest BCUT2D eigenvalue weighted by Gasteiger charge is 2.09. The van der Waals surface area contributed by atoms with Crippen LogP contribution in [0.15, 0.2) is 42.9 Å². The number of imidazole rings is 1. The lowest BCUT2D eigenvalue weighted by Crippen LogP contribution is -1.90. The van der Waals surface area contributed by atoms with Crippen LogP contribution in [0.1, 0.15) is 10.4 Å². The van der Waals surface area contributed by atoms with Gasteiger partial charge in [0.05, 0.1) is 0 Å². The summed E-state index contributed by atoms with van der Waals surface area (Å²) in [6, 6.07) is 9.10. The van der Waals surface area contributed by atoms with E-state index in [0.717, 1.165) is 28.5 Å². The van der Waals surface area contributed by atoms with Crippen LogP contribution in [0.3, 0.4) is 0 Å². The molecule has 2 rings (SSSR count). The number of carbonyl (C=O) groups excluding carboxylic acids is 1. The predicted molar refractivity (Wildman–Crippen MR) is 62.0 cm³/mol. The Morgan fingerprint density at radius 3 is 2.29 bits per heavy atom. The minimum absolute atomic E-state index is 0.225. The van der Waals surface area contributed by atoms with Crippen molar-refractivity contribution in [3.63, 3.8) is 0 Å². The van der Waals surface area contributed by atoms with Crippen LogP contribution in [0.25, 0.3) is 0 Å². The van der Waals surface area contributed by atoms with Crippen molar-refractivity contribution in [3.8, 4) is 0 Å². The zero-order chi connectivity index (χ0) is 12.7. The van der Waals surface area contributed by atoms with Crippen molar-refractivity contribution in [2.45, 2.75) is 0 Å². The van der Waals surface area contributed by atoms with E-state index in [9.17, 15) is 14.9 Å². The van der Waals surface area contributed by atoms with Crippen molar-refractivity contribution in [2.75, 3.05) is 0 Å². The van der Waals surface area contributed by atoms with Crippen molar-refractivity contribution in [2.24, 2.45) is 0 Å². The first-order valence-corrected chi connectivity index (χ1v) is 4.82. The molecule has 17 heavy (non-hydrogen) atoms. The third kappa shape index (κ3) is 4.04. The number of hydrogen-bond donors (Lipinski definition) is 0. The number of halogens is 1. The highest BCUT2D eigenvalue weighted by Crippen LogP contribution is 2.09. The topological polar surface area (TPSA) is 78.0 Å². The molecule has 0 radical (unpaired) electrons. The Kier molecular flexibility index (Phi) is 4.83. The number of carbonyl (C=O) groups is 1. The molecule has 1 aromatic heterocycles. The molecule has 2 aromatic rings. The van der Waals surface area contributed by atoms with Crippen molar-refractivity contribution in [1.82, 2.24) is 9.07 Å². The summed E-state index contributed by atoms with van der Waals surface area (Å²) in [5.41, 5.74) is 0.729. The molecule has 0 aliphatic rings. The molecule has 0 saturated carbocycles. The normalized spacial score (nSPS) is 9.00. The average molecular weight is 254 g/mol. The number of aromatic nitrogens is 2. The van der Waals surface area contributed by atoms with Crippen LogP contribution in [-0.4, -0.2) is 20.3 Å². The van der Waals surface area contributed by atoms with Crippen LogP contribution in [0.5, 0.6) is 0 Å². The van der Waals surface area contributed by atoms with Gasteiger partial charge in [-0.2, -0.15) is 0 Å². The molecule has 1 heterocycles. The van der Waals surface area contributed by atoms with Gasteiger partial charge in [-0.05, 0) is 4.92 Å². The van der Waals surface area contributed by atoms with Crippen LogP contribution in [-0.2, 0) is 0 Å². The first-order valence-electron chi connectivity index (χ1n) is 4.48. The number of aldehydes is 1. The Morgan fingerprint density at radius 1 is 1.35 bits per heavy atom. The molecular formula is C10H8ClN3O3. The fraction of sp³-hybridized carbons (Fsp3) is 0. The maximum absolute atomic E-state index is 10.0. The van der Waals surface area contributed by atoms with E-state index in [1.165, 1.54) is 0 Å². The van der Waals surface area contributed by atoms with E-state index in [0.29, 0.717) is 0 Å². The lowest BCUT2D eigenvalue weighted by atomic mass is 10.2. The second-order valence-corrected chi connectivity index (χ2v) is 3.21. The van der Waals surface area contributed by atoms with E-state index < -0.39 is 4.92 Å². The van der Waals surface area contributed by atoms with Gasteiger partial charge in [0.15, 0.2) is 0 Å². The van der Waals surface area contributed by atoms with Crippen LogP contribution in [0, 0.1) is 10.1 Å². The molecule has 6 nitrogen and oxygen atoms in total. The van der Waals surface area contributed by atoms with E-state index >= 15 is 0 Å². The molecule has 0 atom stereocenters. The molecule has 0 amide bonds. The van der Waals surface area contributed by atoms with Crippen LogP contribution in [0.2, 0.25) is 0 Å². The number of benzene rings is 1. The van der Waals surface area contributed by atoms with Gasteiger partial charge in [0.1, 0.15) is 24.3 Å². The van der Waals surface area contributed by atoms with E-state index in [2.05, 4.69) is 4.98 Å². The van der Waals surface area contributed by atoms with E-state index in [1.807, 2.05) is 18.2 Å². The smallest absolute Gasteiger partial charge is 0.358 e. The largest absolute Gasteiger partial charge is 0.360 e. The van der Waals surface area contributed by atoms with Gasteiger partial charge in [-0.3, -0.25) is 4.79 Å². The minimum Gasteiger partial charge on any atom is -0.358 e. The first-order chi connectivity index (χ1) is 8.15. The summed E-state index contributed by atoms with van der Waals surface area (Å²) in [6.07, 6.45) is 3.06. The summed E-state index contributed by atoms with van der Waals surface area (Å²) in [7, 11) is 0. The molecule has 0 saturated heterocycles. The van der Waals surface area contributed by atoms with E-state index in [-0.39, 0.29) is 5.82 Å². The number of hydrogen-bond acceptors (Lipinski definition) is 4. The van der Waals surface area contributed by atoms with Gasteiger partial charge in [-0.25, -0.2) is 4.98 Å². The first kappa shape index (κ1) is 12.9. The lowest BCUT2D eigenvalue weighted by molar-refractivity contribution is -0.390. The van der Waals surface area contributed by atoms with E-state index in [1.54, 1.807) is 12.1 Å². The molecule has 88 valence electrons. The van der Waals surface area contributed by atoms with Crippen LogP contribution < -0.4 is 0 Å². The molecule has 0 N–H and O–H groups in total. The van der Waals surface area contributed by atoms with E-state index in [4.69, 9.17) is 11.8 Å². The zero-order valence-electron chi connectivity index (χ0n) is 8.56. The molecule has 0 unspecified atom stereocenters. The molecule has 0 bridgehead atoms. The standard InChI is InChI=1S/C7H6O.C3H2ClN3O2/c8-6-7-4-2-1-3-5-7;4-6-2-5-1-3(6)7(8)9/h1-6H;1-2H. The monoisotopic (exact) mass is 253 g/mol. The second-order valence-electron chi connectivity index (χ2n) is 2.85. The number of nitro groups is 1. The summed E-state index contributed by atoms with van der Waals surface area (Å²) in [5, 5.41) is 9.94. The average Bonchev–Trinajstić information content (AvgIpc) is 2.77. The number of nitrogens with zero attached hydrogens (tertiary/aromatic N) is 3. The lowest BCUT2D eigenvalue weighted by Gasteiger charge is -1.87. The van der Waals surface area contributed by atoms with Gasteiger partial charge in [-0.1, -0.05) is 30.3 Å². The third-order valence-corrected chi connectivity index (χ3v) is 1.96. The molecule has 7 heteroatoms. The molecule has 0 aliphatic heterocycles. The van der Waals surface area contributed by atoms with Crippen molar-refractivity contribution in [1.29, 1.82) is 0 Å². The summed E-state index contributed by atoms with van der Waals surface area (Å²) < 4.78 is 0.819. The maximum Gasteiger partial charge on any atom is 0.360 e. The van der Waals surface area contributed by atoms with Crippen molar-refractivity contribution in [3.05, 3.63) is 58.5 Å². The maximum atomic E-state index is 10.0. The van der Waals surface area contributed by atoms with Crippen LogP contribution >= 0.6 is 11.8 Å². The third-order valence-electron chi connectivity index (χ3n) is 1.70. The molecule has 0 spiro atoms. The minimum atomic E-state index is -0.611. The highest BCUT2D eigenvalue weighted by atomic mass is 35.5. The van der Waals surface area contributed by atoms with Gasteiger partial charge in [0, 0.05) is 5.56 Å². The van der Waals surface area contributed by atoms with Gasteiger partial charge in [0.25, 0.3) is 0 Å². The van der Waals surface area contributed by atoms with Crippen molar-refractivity contribution >= 4 is 23.9 Å². The highest BCUT2D eigenvalue weighted by molar-refractivity contribution is 6.16. The summed E-state index contributed by atoms with van der Waals surface area (Å²) >= 11 is 5.25. The number of rotatable bonds is 2. The summed E-state index contributed by atoms with van der Waals surface area (Å²) in [5.74, 6) is -0.225. The van der Waals surface area contributed by atoms with Gasteiger partial charge in [0.2, 0.25) is 6.33 Å². The van der Waals surface area contributed by atoms with Gasteiger partial charge in [-0.15, -0.1) is 4.09 Å². The molecule has 0 aliphatic carbocycles. The Labute approximate surface area is 102 Å². The SMILES string of the molecule is O=Cc1ccccc1.O=[N+]([O-])c1cncn1Cl. The molecular weight excluding hydrogens is 246 g/mol. The molecule has 0 fully saturated rings. The second kappa shape index (κ2) is 6.39. The predicted octanol–water partition coefficient (Wildman–Crippen LogP) is 2.29. The van der Waals surface area contributed by atoms with Gasteiger partial charge < -0.3 is 10.1 Å². The summed E-state index contributed by atoms with van der Waals surface area (Å²) in [4.78, 5) is 22.8. The van der Waals surface area contributed by atoms with Crippen molar-refractivity contribution < 1.29 is 9.72 Å². The molecule has 1 aromatic carbocycles. The fourth-order valence-corrected chi connectivity index (χ4v) is 1.09. The van der Waals surface area contributed by atoms with Gasteiger partial charge >= 0.3 is 5.82 Å².